The van der Waals surface area contributed by atoms with Crippen molar-refractivity contribution in [2.45, 2.75) is 6.54 Å². The largest absolute Gasteiger partial charge is 0.398 e. The highest BCUT2D eigenvalue weighted by Crippen LogP contribution is 2.28. The lowest BCUT2D eigenvalue weighted by atomic mass is 10.1. The molecule has 3 rings (SSSR count). The van der Waals surface area contributed by atoms with Gasteiger partial charge in [-0.05, 0) is 17.3 Å². The Morgan fingerprint density at radius 1 is 1.26 bits per heavy atom. The van der Waals surface area contributed by atoms with Crippen molar-refractivity contribution < 1.29 is 9.59 Å². The van der Waals surface area contributed by atoms with E-state index in [2.05, 4.69) is 15.4 Å². The molecule has 0 atom stereocenters. The Morgan fingerprint density at radius 2 is 2.05 bits per heavy atom. The van der Waals surface area contributed by atoms with E-state index in [1.165, 1.54) is 4.80 Å². The molecule has 96 valence electrons. The van der Waals surface area contributed by atoms with Gasteiger partial charge in [-0.3, -0.25) is 14.5 Å². The van der Waals surface area contributed by atoms with Gasteiger partial charge in [0, 0.05) is 5.69 Å². The zero-order chi connectivity index (χ0) is 13.6. The quantitative estimate of drug-likeness (QED) is 0.579. The highest BCUT2D eigenvalue weighted by Gasteiger charge is 2.37. The van der Waals surface area contributed by atoms with Crippen LogP contribution in [0.4, 0.5) is 5.69 Å². The van der Waals surface area contributed by atoms with Gasteiger partial charge in [-0.1, -0.05) is 6.07 Å². The number of rotatable bonds is 2. The molecule has 2 amide bonds. The number of carbonyl (C=O) groups is 2. The minimum atomic E-state index is -0.425. The fourth-order valence-corrected chi connectivity index (χ4v) is 2.03. The van der Waals surface area contributed by atoms with Crippen LogP contribution >= 0.6 is 0 Å². The van der Waals surface area contributed by atoms with Crippen molar-refractivity contribution in [3.05, 3.63) is 35.2 Å². The van der Waals surface area contributed by atoms with Crippen molar-refractivity contribution in [2.75, 3.05) is 5.73 Å². The van der Waals surface area contributed by atoms with Gasteiger partial charge in [-0.25, -0.2) is 0 Å². The normalized spacial score (nSPS) is 14.1. The molecule has 1 aliphatic rings. The summed E-state index contributed by atoms with van der Waals surface area (Å²) in [6.07, 6.45) is 0. The van der Waals surface area contributed by atoms with E-state index in [9.17, 15) is 9.59 Å². The van der Waals surface area contributed by atoms with Gasteiger partial charge in [-0.2, -0.15) is 4.80 Å². The van der Waals surface area contributed by atoms with Crippen molar-refractivity contribution in [3.8, 4) is 0 Å². The Balaban J connectivity index is 1.97. The second-order valence-corrected chi connectivity index (χ2v) is 4.16. The summed E-state index contributed by atoms with van der Waals surface area (Å²) < 4.78 is 0. The van der Waals surface area contributed by atoms with Crippen molar-refractivity contribution >= 4 is 17.5 Å². The monoisotopic (exact) mass is 258 g/mol. The fraction of sp³-hybridized carbons (Fsp3) is 0.182. The van der Waals surface area contributed by atoms with Gasteiger partial charge in [0.15, 0.2) is 5.82 Å². The number of fused-ring (bicyclic) bond motifs is 1. The molecule has 1 aliphatic heterocycles. The lowest BCUT2D eigenvalue weighted by Gasteiger charge is -2.10. The number of imide groups is 1. The molecule has 0 aliphatic carbocycles. The number of benzene rings is 1. The molecule has 8 heteroatoms. The third-order valence-electron chi connectivity index (χ3n) is 2.88. The van der Waals surface area contributed by atoms with Crippen LogP contribution in [0.3, 0.4) is 0 Å². The summed E-state index contributed by atoms with van der Waals surface area (Å²) in [7, 11) is 1.61. The van der Waals surface area contributed by atoms with Crippen molar-refractivity contribution in [3.63, 3.8) is 0 Å². The number of aromatic nitrogens is 4. The second kappa shape index (κ2) is 3.87. The highest BCUT2D eigenvalue weighted by molar-refractivity contribution is 6.23. The number of aryl methyl sites for hydroxylation is 1. The summed E-state index contributed by atoms with van der Waals surface area (Å²) in [5, 5.41) is 11.4. The van der Waals surface area contributed by atoms with Crippen molar-refractivity contribution in [1.82, 2.24) is 25.1 Å². The molecular weight excluding hydrogens is 248 g/mol. The van der Waals surface area contributed by atoms with E-state index in [0.29, 0.717) is 17.1 Å². The van der Waals surface area contributed by atoms with E-state index in [4.69, 9.17) is 5.73 Å². The minimum Gasteiger partial charge on any atom is -0.398 e. The predicted molar refractivity (Wildman–Crippen MR) is 63.9 cm³/mol. The number of hydrogen-bond acceptors (Lipinski definition) is 6. The first kappa shape index (κ1) is 11.3. The number of nitrogen functional groups attached to an aromatic ring is 1. The lowest BCUT2D eigenvalue weighted by Crippen LogP contribution is -2.29. The number of amides is 2. The van der Waals surface area contributed by atoms with Crippen LogP contribution in [0.5, 0.6) is 0 Å². The summed E-state index contributed by atoms with van der Waals surface area (Å²) in [6, 6.07) is 4.81. The van der Waals surface area contributed by atoms with E-state index in [1.54, 1.807) is 25.2 Å². The molecule has 0 unspecified atom stereocenters. The van der Waals surface area contributed by atoms with Crippen molar-refractivity contribution in [2.24, 2.45) is 7.05 Å². The molecule has 19 heavy (non-hydrogen) atoms. The maximum absolute atomic E-state index is 12.2. The fourth-order valence-electron chi connectivity index (χ4n) is 2.03. The highest BCUT2D eigenvalue weighted by atomic mass is 16.2. The molecule has 2 N–H and O–H groups in total. The molecule has 0 saturated carbocycles. The van der Waals surface area contributed by atoms with Crippen molar-refractivity contribution in [1.29, 1.82) is 0 Å². The molecule has 0 radical (unpaired) electrons. The van der Waals surface area contributed by atoms with Crippen LogP contribution in [0.15, 0.2) is 18.2 Å². The smallest absolute Gasteiger partial charge is 0.264 e. The first-order valence-corrected chi connectivity index (χ1v) is 5.55. The zero-order valence-corrected chi connectivity index (χ0v) is 10.1. The summed E-state index contributed by atoms with van der Waals surface area (Å²) in [5.74, 6) is -0.513. The maximum Gasteiger partial charge on any atom is 0.264 e. The summed E-state index contributed by atoms with van der Waals surface area (Å²) in [4.78, 5) is 26.7. The van der Waals surface area contributed by atoms with Gasteiger partial charge in [0.05, 0.1) is 24.7 Å². The number of carbonyl (C=O) groups excluding carboxylic acids is 2. The maximum atomic E-state index is 12.2. The van der Waals surface area contributed by atoms with Gasteiger partial charge < -0.3 is 5.73 Å². The van der Waals surface area contributed by atoms with Gasteiger partial charge in [0.1, 0.15) is 0 Å². The van der Waals surface area contributed by atoms with Crippen LogP contribution in [-0.2, 0) is 13.6 Å². The average molecular weight is 258 g/mol. The Kier molecular flexibility index (Phi) is 2.31. The molecular formula is C11H10N6O2. The molecule has 0 bridgehead atoms. The second-order valence-electron chi connectivity index (χ2n) is 4.16. The van der Waals surface area contributed by atoms with E-state index < -0.39 is 5.91 Å². The SMILES string of the molecule is Cn1nnc(CN2C(=O)c3cccc(N)c3C2=O)n1. The summed E-state index contributed by atoms with van der Waals surface area (Å²) >= 11 is 0. The van der Waals surface area contributed by atoms with Gasteiger partial charge in [0.2, 0.25) is 0 Å². The predicted octanol–water partition coefficient (Wildman–Crippen LogP) is -0.412. The molecule has 8 nitrogen and oxygen atoms in total. The lowest BCUT2D eigenvalue weighted by molar-refractivity contribution is 0.0638. The Bertz CT molecular complexity index is 692. The molecule has 2 heterocycles. The van der Waals surface area contributed by atoms with Crippen LogP contribution in [0.25, 0.3) is 0 Å². The van der Waals surface area contributed by atoms with E-state index in [-0.39, 0.29) is 18.0 Å². The molecule has 1 aromatic heterocycles. The van der Waals surface area contributed by atoms with E-state index >= 15 is 0 Å². The number of hydrogen-bond donors (Lipinski definition) is 1. The Labute approximate surface area is 107 Å². The van der Waals surface area contributed by atoms with Crippen LogP contribution in [0, 0.1) is 0 Å². The molecule has 0 spiro atoms. The Morgan fingerprint density at radius 3 is 2.68 bits per heavy atom. The number of nitrogens with two attached hydrogens (primary N) is 1. The van der Waals surface area contributed by atoms with Gasteiger partial charge in [-0.15, -0.1) is 10.2 Å². The number of anilines is 1. The molecule has 1 aromatic carbocycles. The third kappa shape index (κ3) is 1.65. The van der Waals surface area contributed by atoms with Gasteiger partial charge in [0.25, 0.3) is 11.8 Å². The molecule has 0 saturated heterocycles. The first-order chi connectivity index (χ1) is 9.08. The topological polar surface area (TPSA) is 107 Å². The molecule has 2 aromatic rings. The zero-order valence-electron chi connectivity index (χ0n) is 10.1. The number of nitrogens with zero attached hydrogens (tertiary/aromatic N) is 5. The standard InChI is InChI=1S/C11H10N6O2/c1-16-14-8(13-15-16)5-17-10(18)6-3-2-4-7(12)9(6)11(17)19/h2-4H,5,12H2,1H3. The van der Waals surface area contributed by atoms with Gasteiger partial charge >= 0.3 is 0 Å². The average Bonchev–Trinajstić information content (AvgIpc) is 2.88. The van der Waals surface area contributed by atoms with Crippen LogP contribution < -0.4 is 5.73 Å². The Hall–Kier alpha value is -2.77. The number of tetrazole rings is 1. The van der Waals surface area contributed by atoms with E-state index in [1.807, 2.05) is 0 Å². The summed E-state index contributed by atoms with van der Waals surface area (Å²) in [5.41, 5.74) is 6.59. The summed E-state index contributed by atoms with van der Waals surface area (Å²) in [6.45, 7) is -0.0143. The van der Waals surface area contributed by atoms with Crippen LogP contribution in [-0.4, -0.2) is 36.9 Å². The van der Waals surface area contributed by atoms with Crippen LogP contribution in [0.1, 0.15) is 26.5 Å². The minimum absolute atomic E-state index is 0.0143. The van der Waals surface area contributed by atoms with Crippen LogP contribution in [0.2, 0.25) is 0 Å². The van der Waals surface area contributed by atoms with E-state index in [0.717, 1.165) is 4.90 Å². The first-order valence-electron chi connectivity index (χ1n) is 5.55. The third-order valence-corrected chi connectivity index (χ3v) is 2.88. The molecule has 0 fully saturated rings.